The Morgan fingerprint density at radius 1 is 0.548 bits per heavy atom. The summed E-state index contributed by atoms with van der Waals surface area (Å²) in [6.07, 6.45) is -5.43. The molecule has 5 atom stereocenters. The van der Waals surface area contributed by atoms with Crippen LogP contribution < -0.4 is 9.47 Å². The Bertz CT molecular complexity index is 1720. The summed E-state index contributed by atoms with van der Waals surface area (Å²) in [5.41, 5.74) is 0.435. The van der Waals surface area contributed by atoms with E-state index >= 15 is 0 Å². The Morgan fingerprint density at radius 2 is 1.14 bits per heavy atom. The van der Waals surface area contributed by atoms with Gasteiger partial charge in [0.15, 0.2) is 29.1 Å². The molecular formula is C30H26O12. The van der Waals surface area contributed by atoms with E-state index in [1.807, 2.05) is 0 Å². The lowest BCUT2D eigenvalue weighted by atomic mass is 9.90. The lowest BCUT2D eigenvalue weighted by Crippen LogP contribution is -2.36. The number of fused-ring (bicyclic) bond motifs is 2. The Hall–Kier alpha value is -5.20. The number of hydrogen-bond donors (Lipinski definition) is 10. The number of benzene rings is 4. The zero-order chi connectivity index (χ0) is 30.0. The summed E-state index contributed by atoms with van der Waals surface area (Å²) in [7, 11) is 0. The van der Waals surface area contributed by atoms with Gasteiger partial charge in [0, 0.05) is 41.3 Å². The minimum absolute atomic E-state index is 0.0312. The summed E-state index contributed by atoms with van der Waals surface area (Å²) in [6, 6.07) is 10.8. The molecule has 0 unspecified atom stereocenters. The number of hydrogen-bond acceptors (Lipinski definition) is 12. The molecule has 0 aromatic heterocycles. The maximum Gasteiger partial charge on any atom is 0.157 e. The predicted octanol–water partition coefficient (Wildman–Crippen LogP) is 3.00. The average molecular weight is 580 g/mol. The first kappa shape index (κ1) is 27.0. The molecule has 12 nitrogen and oxygen atoms in total. The highest BCUT2D eigenvalue weighted by atomic mass is 16.5. The number of rotatable bonds is 3. The molecule has 0 radical (unpaired) electrons. The van der Waals surface area contributed by atoms with E-state index in [0.29, 0.717) is 0 Å². The molecule has 10 N–H and O–H groups in total. The number of aliphatic hydroxyl groups is 2. The standard InChI is InChI=1S/C30H26O12/c31-13-7-20(37)24-23(8-13)41-29(12-2-4-16(33)19(36)6-12)27(40)26(24)25-21(38)10-17(34)14-9-22(39)28(42-30(14)25)11-1-3-15(32)18(35)5-11/h1-8,10,22,26-29,31-40H,9H2/t22-,26-,27-,28+,29+/m0/s1/i26+1. The minimum atomic E-state index is -1.59. The van der Waals surface area contributed by atoms with Crippen molar-refractivity contribution >= 4 is 0 Å². The number of ether oxygens (including phenoxy) is 2. The first-order valence-corrected chi connectivity index (χ1v) is 12.8. The van der Waals surface area contributed by atoms with Crippen molar-refractivity contribution in [1.82, 2.24) is 0 Å². The molecule has 4 aromatic carbocycles. The van der Waals surface area contributed by atoms with E-state index in [-0.39, 0.29) is 51.5 Å². The molecule has 2 heterocycles. The summed E-state index contributed by atoms with van der Waals surface area (Å²) < 4.78 is 12.1. The van der Waals surface area contributed by atoms with Crippen molar-refractivity contribution in [2.45, 2.75) is 36.8 Å². The largest absolute Gasteiger partial charge is 0.508 e. The van der Waals surface area contributed by atoms with E-state index in [1.165, 1.54) is 42.5 Å². The highest BCUT2D eigenvalue weighted by molar-refractivity contribution is 5.65. The summed E-state index contributed by atoms with van der Waals surface area (Å²) in [5, 5.41) is 105. The van der Waals surface area contributed by atoms with Crippen LogP contribution in [0.4, 0.5) is 0 Å². The van der Waals surface area contributed by atoms with Crippen LogP contribution in [0.5, 0.6) is 57.5 Å². The molecule has 218 valence electrons. The number of phenolic OH excluding ortho intramolecular Hbond substituents is 8. The van der Waals surface area contributed by atoms with E-state index in [2.05, 4.69) is 0 Å². The van der Waals surface area contributed by atoms with Gasteiger partial charge in [-0.25, -0.2) is 0 Å². The van der Waals surface area contributed by atoms with Crippen molar-refractivity contribution in [3.8, 4) is 57.5 Å². The van der Waals surface area contributed by atoms with E-state index in [4.69, 9.17) is 9.47 Å². The van der Waals surface area contributed by atoms with Gasteiger partial charge in [-0.3, -0.25) is 0 Å². The van der Waals surface area contributed by atoms with Crippen LogP contribution in [-0.2, 0) is 6.42 Å². The Labute approximate surface area is 237 Å². The topological polar surface area (TPSA) is 221 Å². The molecule has 2 aliphatic rings. The van der Waals surface area contributed by atoms with Gasteiger partial charge in [0.2, 0.25) is 0 Å². The summed E-state index contributed by atoms with van der Waals surface area (Å²) in [4.78, 5) is 0. The van der Waals surface area contributed by atoms with Gasteiger partial charge in [0.05, 0.1) is 12.0 Å². The van der Waals surface area contributed by atoms with Crippen molar-refractivity contribution in [3.05, 3.63) is 82.4 Å². The second-order valence-electron chi connectivity index (χ2n) is 10.3. The molecular weight excluding hydrogens is 553 g/mol. The molecule has 0 spiro atoms. The van der Waals surface area contributed by atoms with Crippen LogP contribution in [0.25, 0.3) is 0 Å². The van der Waals surface area contributed by atoms with Crippen LogP contribution in [0.2, 0.25) is 0 Å². The van der Waals surface area contributed by atoms with Crippen LogP contribution in [0.3, 0.4) is 0 Å². The normalized spacial score (nSPS) is 22.9. The zero-order valence-electron chi connectivity index (χ0n) is 21.6. The Kier molecular flexibility index (Phi) is 6.24. The van der Waals surface area contributed by atoms with Crippen LogP contribution in [0, 0.1) is 0 Å². The van der Waals surface area contributed by atoms with E-state index in [9.17, 15) is 51.1 Å². The van der Waals surface area contributed by atoms with Crippen molar-refractivity contribution < 1.29 is 60.5 Å². The van der Waals surface area contributed by atoms with Gasteiger partial charge in [0.1, 0.15) is 46.7 Å². The first-order chi connectivity index (χ1) is 19.9. The maximum absolute atomic E-state index is 11.8. The predicted molar refractivity (Wildman–Crippen MR) is 143 cm³/mol. The molecule has 6 rings (SSSR count). The molecule has 4 aromatic rings. The molecule has 12 heteroatoms. The summed E-state index contributed by atoms with van der Waals surface area (Å²) >= 11 is 0. The minimum Gasteiger partial charge on any atom is -0.508 e. The highest BCUT2D eigenvalue weighted by Crippen LogP contribution is 2.57. The molecule has 42 heavy (non-hydrogen) atoms. The fourth-order valence-corrected chi connectivity index (χ4v) is 5.71. The number of aliphatic hydroxyl groups excluding tert-OH is 2. The molecule has 0 bridgehead atoms. The van der Waals surface area contributed by atoms with E-state index in [1.54, 1.807) is 0 Å². The van der Waals surface area contributed by atoms with Gasteiger partial charge in [0.25, 0.3) is 0 Å². The average Bonchev–Trinajstić information content (AvgIpc) is 2.93. The molecule has 2 aliphatic heterocycles. The van der Waals surface area contributed by atoms with Gasteiger partial charge in [-0.2, -0.15) is 0 Å². The smallest absolute Gasteiger partial charge is 0.157 e. The van der Waals surface area contributed by atoms with Gasteiger partial charge in [-0.05, 0) is 35.4 Å². The molecule has 0 fully saturated rings. The second-order valence-corrected chi connectivity index (χ2v) is 10.3. The van der Waals surface area contributed by atoms with Crippen LogP contribution in [-0.4, -0.2) is 63.3 Å². The van der Waals surface area contributed by atoms with E-state index in [0.717, 1.165) is 12.1 Å². The van der Waals surface area contributed by atoms with Gasteiger partial charge < -0.3 is 60.5 Å². The van der Waals surface area contributed by atoms with Gasteiger partial charge >= 0.3 is 0 Å². The second kappa shape index (κ2) is 9.72. The van der Waals surface area contributed by atoms with Crippen molar-refractivity contribution in [3.63, 3.8) is 0 Å². The molecule has 0 aliphatic carbocycles. The lowest BCUT2D eigenvalue weighted by Gasteiger charge is -2.40. The van der Waals surface area contributed by atoms with Crippen LogP contribution >= 0.6 is 0 Å². The van der Waals surface area contributed by atoms with Crippen molar-refractivity contribution in [1.29, 1.82) is 0 Å². The highest BCUT2D eigenvalue weighted by Gasteiger charge is 2.46. The van der Waals surface area contributed by atoms with Crippen molar-refractivity contribution in [2.75, 3.05) is 0 Å². The maximum atomic E-state index is 11.8. The Morgan fingerprint density at radius 3 is 1.76 bits per heavy atom. The number of aromatic hydroxyl groups is 8. The SMILES string of the molecule is Oc1cc(O)c2c(c1)O[C@H](c1ccc(O)c(O)c1)[C@@H](O)[13C@@H]2c1c(O)cc(O)c2c1O[C@H](c1ccc(O)c(O)c1)[C@@H](O)C2. The van der Waals surface area contributed by atoms with E-state index < -0.39 is 70.6 Å². The lowest BCUT2D eigenvalue weighted by molar-refractivity contribution is 0.00115. The third kappa shape index (κ3) is 4.24. The fourth-order valence-electron chi connectivity index (χ4n) is 5.71. The van der Waals surface area contributed by atoms with Crippen LogP contribution in [0.15, 0.2) is 54.6 Å². The Balaban J connectivity index is 1.55. The van der Waals surface area contributed by atoms with Gasteiger partial charge in [-0.15, -0.1) is 0 Å². The first-order valence-electron chi connectivity index (χ1n) is 12.8. The fraction of sp³-hybridized carbons (Fsp3) is 0.200. The number of phenols is 8. The third-order valence-electron chi connectivity index (χ3n) is 7.67. The monoisotopic (exact) mass is 579 g/mol. The quantitative estimate of drug-likeness (QED) is 0.125. The molecule has 0 saturated heterocycles. The third-order valence-corrected chi connectivity index (χ3v) is 7.67. The van der Waals surface area contributed by atoms with Crippen molar-refractivity contribution in [2.24, 2.45) is 0 Å². The zero-order valence-corrected chi connectivity index (χ0v) is 21.6. The summed E-state index contributed by atoms with van der Waals surface area (Å²) in [5.74, 6) is -5.08. The summed E-state index contributed by atoms with van der Waals surface area (Å²) in [6.45, 7) is 0. The molecule has 0 saturated carbocycles. The van der Waals surface area contributed by atoms with Gasteiger partial charge in [-0.1, -0.05) is 12.1 Å². The van der Waals surface area contributed by atoms with Crippen LogP contribution in [0.1, 0.15) is 45.9 Å². The molecule has 0 amide bonds.